The lowest BCUT2D eigenvalue weighted by atomic mass is 9.74. The van der Waals surface area contributed by atoms with Gasteiger partial charge in [-0.1, -0.05) is 63.9 Å². The largest absolute Gasteiger partial charge is 0.392 e. The summed E-state index contributed by atoms with van der Waals surface area (Å²) in [6.07, 6.45) is 7.86. The molecule has 0 heterocycles. The summed E-state index contributed by atoms with van der Waals surface area (Å²) in [5.41, 5.74) is 5.97. The lowest BCUT2D eigenvalue weighted by Gasteiger charge is -2.31. The van der Waals surface area contributed by atoms with Gasteiger partial charge in [-0.2, -0.15) is 0 Å². The number of aliphatic hydroxyl groups excluding tert-OH is 3. The number of thioether (sulfide) groups is 1. The second kappa shape index (κ2) is 11.7. The van der Waals surface area contributed by atoms with Crippen LogP contribution in [-0.4, -0.2) is 27.2 Å². The number of rotatable bonds is 11. The normalized spacial score (nSPS) is 16.6. The minimum Gasteiger partial charge on any atom is -0.392 e. The minimum atomic E-state index is -0.272. The molecule has 0 aromatic heterocycles. The van der Waals surface area contributed by atoms with Crippen molar-refractivity contribution in [3.63, 3.8) is 0 Å². The topological polar surface area (TPSA) is 60.7 Å². The number of hydrogen-bond acceptors (Lipinski definition) is 4. The molecule has 2 aromatic rings. The van der Waals surface area contributed by atoms with Crippen molar-refractivity contribution in [1.82, 2.24) is 0 Å². The molecule has 0 bridgehead atoms. The van der Waals surface area contributed by atoms with Gasteiger partial charge in [-0.25, -0.2) is 0 Å². The van der Waals surface area contributed by atoms with Crippen molar-refractivity contribution >= 4 is 11.8 Å². The first-order valence-corrected chi connectivity index (χ1v) is 13.2. The molecule has 1 saturated carbocycles. The first kappa shape index (κ1) is 25.3. The second-order valence-electron chi connectivity index (χ2n) is 9.71. The fourth-order valence-corrected chi connectivity index (χ4v) is 6.24. The van der Waals surface area contributed by atoms with Gasteiger partial charge in [-0.3, -0.25) is 0 Å². The lowest BCUT2D eigenvalue weighted by Crippen LogP contribution is -2.23. The third kappa shape index (κ3) is 5.96. The molecule has 0 spiro atoms. The van der Waals surface area contributed by atoms with Gasteiger partial charge in [-0.15, -0.1) is 11.8 Å². The van der Waals surface area contributed by atoms with E-state index >= 15 is 0 Å². The van der Waals surface area contributed by atoms with E-state index in [4.69, 9.17) is 0 Å². The summed E-state index contributed by atoms with van der Waals surface area (Å²) in [5.74, 6) is 1.03. The minimum absolute atomic E-state index is 0.0284. The van der Waals surface area contributed by atoms with Crippen LogP contribution in [0.15, 0.2) is 41.3 Å². The molecule has 2 aromatic carbocycles. The molecule has 176 valence electrons. The Hall–Kier alpha value is -1.33. The summed E-state index contributed by atoms with van der Waals surface area (Å²) in [7, 11) is 0. The molecule has 0 amide bonds. The van der Waals surface area contributed by atoms with Crippen molar-refractivity contribution < 1.29 is 15.3 Å². The van der Waals surface area contributed by atoms with Gasteiger partial charge in [-0.05, 0) is 77.3 Å². The first-order valence-electron chi connectivity index (χ1n) is 12.2. The van der Waals surface area contributed by atoms with E-state index in [9.17, 15) is 15.3 Å². The van der Waals surface area contributed by atoms with E-state index in [2.05, 4.69) is 51.1 Å². The Morgan fingerprint density at radius 3 is 2.28 bits per heavy atom. The zero-order chi connectivity index (χ0) is 23.1. The first-order chi connectivity index (χ1) is 15.4. The van der Waals surface area contributed by atoms with E-state index < -0.39 is 0 Å². The number of aryl methyl sites for hydroxylation is 2. The van der Waals surface area contributed by atoms with Crippen LogP contribution in [0.1, 0.15) is 80.7 Å². The van der Waals surface area contributed by atoms with Crippen LogP contribution in [0.25, 0.3) is 0 Å². The van der Waals surface area contributed by atoms with Crippen LogP contribution in [0.2, 0.25) is 0 Å². The fourth-order valence-electron chi connectivity index (χ4n) is 4.95. The smallest absolute Gasteiger partial charge is 0.0685 e. The van der Waals surface area contributed by atoms with Crippen LogP contribution >= 0.6 is 11.8 Å². The molecule has 1 atom stereocenters. The van der Waals surface area contributed by atoms with E-state index in [1.165, 1.54) is 47.3 Å². The third-order valence-corrected chi connectivity index (χ3v) is 8.51. The van der Waals surface area contributed by atoms with E-state index in [1.54, 1.807) is 11.8 Å². The Balaban J connectivity index is 1.78. The van der Waals surface area contributed by atoms with Gasteiger partial charge < -0.3 is 15.3 Å². The van der Waals surface area contributed by atoms with Gasteiger partial charge in [0, 0.05) is 10.6 Å². The predicted molar refractivity (Wildman–Crippen MR) is 134 cm³/mol. The Kier molecular flexibility index (Phi) is 9.24. The summed E-state index contributed by atoms with van der Waals surface area (Å²) in [4.78, 5) is 1.30. The quantitative estimate of drug-likeness (QED) is 0.375. The highest BCUT2D eigenvalue weighted by Crippen LogP contribution is 2.45. The van der Waals surface area contributed by atoms with E-state index in [0.29, 0.717) is 0 Å². The molecule has 1 unspecified atom stereocenters. The molecule has 0 saturated heterocycles. The molecule has 0 aliphatic heterocycles. The zero-order valence-electron chi connectivity index (χ0n) is 19.9. The zero-order valence-corrected chi connectivity index (χ0v) is 20.8. The molecule has 3 nitrogen and oxygen atoms in total. The van der Waals surface area contributed by atoms with E-state index in [0.717, 1.165) is 36.1 Å². The van der Waals surface area contributed by atoms with Gasteiger partial charge in [0.25, 0.3) is 0 Å². The van der Waals surface area contributed by atoms with Gasteiger partial charge in [0.15, 0.2) is 0 Å². The molecule has 1 aliphatic carbocycles. The van der Waals surface area contributed by atoms with Crippen LogP contribution in [0.5, 0.6) is 0 Å². The lowest BCUT2D eigenvalue weighted by molar-refractivity contribution is 0.149. The molecule has 0 radical (unpaired) electrons. The van der Waals surface area contributed by atoms with Crippen molar-refractivity contribution in [2.75, 3.05) is 5.75 Å². The maximum Gasteiger partial charge on any atom is 0.0685 e. The Bertz CT molecular complexity index is 871. The summed E-state index contributed by atoms with van der Waals surface area (Å²) < 4.78 is 0. The Morgan fingerprint density at radius 2 is 1.66 bits per heavy atom. The molecule has 32 heavy (non-hydrogen) atoms. The average Bonchev–Trinajstić information content (AvgIpc) is 3.30. The molecule has 1 aliphatic rings. The van der Waals surface area contributed by atoms with Gasteiger partial charge in [0.05, 0.1) is 19.3 Å². The predicted octanol–water partition coefficient (Wildman–Crippen LogP) is 5.79. The Labute approximate surface area is 198 Å². The summed E-state index contributed by atoms with van der Waals surface area (Å²) in [5, 5.41) is 29.3. The summed E-state index contributed by atoms with van der Waals surface area (Å²) in [6, 6.07) is 13.2. The van der Waals surface area contributed by atoms with E-state index in [1.807, 2.05) is 6.07 Å². The highest BCUT2D eigenvalue weighted by atomic mass is 32.2. The highest BCUT2D eigenvalue weighted by Gasteiger charge is 2.35. The van der Waals surface area contributed by atoms with Gasteiger partial charge >= 0.3 is 0 Å². The monoisotopic (exact) mass is 456 g/mol. The molecule has 3 N–H and O–H groups in total. The SMILES string of the molecule is CCc1cc(C2(CCc3ccc(CO)c(CO)c3)CCCC2)ccc1SCC(O)C(C)C. The second-order valence-corrected chi connectivity index (χ2v) is 10.8. The van der Waals surface area contributed by atoms with Crippen molar-refractivity contribution in [2.45, 2.75) is 95.3 Å². The Morgan fingerprint density at radius 1 is 0.938 bits per heavy atom. The fraction of sp³-hybridized carbons (Fsp3) is 0.571. The van der Waals surface area contributed by atoms with Crippen molar-refractivity contribution in [3.05, 3.63) is 64.2 Å². The average molecular weight is 457 g/mol. The standard InChI is InChI=1S/C28H40O3S/c1-4-22-16-25(9-10-27(22)32-19-26(31)20(2)3)28(12-5-6-13-28)14-11-21-7-8-23(17-29)24(15-21)18-30/h7-10,15-16,20,26,29-31H,4-6,11-14,17-19H2,1-3H3. The highest BCUT2D eigenvalue weighted by molar-refractivity contribution is 7.99. The number of hydrogen-bond donors (Lipinski definition) is 3. The van der Waals surface area contributed by atoms with Crippen molar-refractivity contribution in [1.29, 1.82) is 0 Å². The van der Waals surface area contributed by atoms with Crippen molar-refractivity contribution in [2.24, 2.45) is 5.92 Å². The van der Waals surface area contributed by atoms with Gasteiger partial charge in [0.2, 0.25) is 0 Å². The summed E-state index contributed by atoms with van der Waals surface area (Å²) >= 11 is 1.78. The molecular weight excluding hydrogens is 416 g/mol. The van der Waals surface area contributed by atoms with Gasteiger partial charge in [0.1, 0.15) is 0 Å². The maximum absolute atomic E-state index is 10.2. The molecule has 4 heteroatoms. The number of benzene rings is 2. The molecular formula is C28H40O3S. The molecule has 3 rings (SSSR count). The van der Waals surface area contributed by atoms with Crippen LogP contribution in [0.4, 0.5) is 0 Å². The van der Waals surface area contributed by atoms with Crippen molar-refractivity contribution in [3.8, 4) is 0 Å². The number of aliphatic hydroxyl groups is 3. The summed E-state index contributed by atoms with van der Waals surface area (Å²) in [6.45, 7) is 6.31. The van der Waals surface area contributed by atoms with Crippen LogP contribution in [-0.2, 0) is 31.5 Å². The third-order valence-electron chi connectivity index (χ3n) is 7.30. The van der Waals surface area contributed by atoms with Crippen LogP contribution in [0, 0.1) is 5.92 Å². The van der Waals surface area contributed by atoms with Crippen LogP contribution < -0.4 is 0 Å². The van der Waals surface area contributed by atoms with Crippen LogP contribution in [0.3, 0.4) is 0 Å². The van der Waals surface area contributed by atoms with E-state index in [-0.39, 0.29) is 30.7 Å². The maximum atomic E-state index is 10.2. The molecule has 1 fully saturated rings.